The maximum atomic E-state index is 12.7. The fourth-order valence-electron chi connectivity index (χ4n) is 3.82. The summed E-state index contributed by atoms with van der Waals surface area (Å²) in [5.74, 6) is -0.362. The van der Waals surface area contributed by atoms with Crippen molar-refractivity contribution in [2.75, 3.05) is 6.54 Å². The van der Waals surface area contributed by atoms with Crippen LogP contribution in [0.15, 0.2) is 0 Å². The van der Waals surface area contributed by atoms with E-state index in [1.165, 1.54) is 6.42 Å². The van der Waals surface area contributed by atoms with E-state index in [-0.39, 0.29) is 23.1 Å². The predicted molar refractivity (Wildman–Crippen MR) is 68.0 cm³/mol. The van der Waals surface area contributed by atoms with Crippen molar-refractivity contribution in [2.24, 2.45) is 5.41 Å². The molecule has 1 atom stereocenters. The van der Waals surface area contributed by atoms with Gasteiger partial charge in [-0.05, 0) is 25.7 Å². The van der Waals surface area contributed by atoms with Gasteiger partial charge < -0.3 is 4.90 Å². The molecule has 0 aromatic rings. The lowest BCUT2D eigenvalue weighted by Gasteiger charge is -2.34. The van der Waals surface area contributed by atoms with Crippen molar-refractivity contribution in [3.8, 4) is 0 Å². The summed E-state index contributed by atoms with van der Waals surface area (Å²) >= 11 is 0. The normalized spacial score (nSPS) is 30.8. The summed E-state index contributed by atoms with van der Waals surface area (Å²) in [7, 11) is 0. The number of carbonyl (C=O) groups is 3. The molecule has 2 saturated heterocycles. The van der Waals surface area contributed by atoms with Gasteiger partial charge in [-0.2, -0.15) is 0 Å². The van der Waals surface area contributed by atoms with Crippen LogP contribution in [0, 0.1) is 5.41 Å². The standard InChI is InChI=1S/C14H20N2O3/c17-11-5-4-10(12(18)15-11)16-9-8-14(13(16)19)6-2-1-3-7-14/h10H,1-9H2,(H,15,17,18). The van der Waals surface area contributed by atoms with Crippen LogP contribution < -0.4 is 5.32 Å². The number of imide groups is 1. The Bertz CT molecular complexity index is 426. The summed E-state index contributed by atoms with van der Waals surface area (Å²) in [5, 5.41) is 2.35. The average Bonchev–Trinajstić information content (AvgIpc) is 2.69. The summed E-state index contributed by atoms with van der Waals surface area (Å²) in [4.78, 5) is 37.5. The number of rotatable bonds is 1. The summed E-state index contributed by atoms with van der Waals surface area (Å²) in [6.45, 7) is 0.672. The van der Waals surface area contributed by atoms with E-state index in [1.54, 1.807) is 4.90 Å². The van der Waals surface area contributed by atoms with Gasteiger partial charge in [-0.25, -0.2) is 0 Å². The van der Waals surface area contributed by atoms with Crippen molar-refractivity contribution in [3.63, 3.8) is 0 Å². The Morgan fingerprint density at radius 1 is 1.05 bits per heavy atom. The molecule has 3 rings (SSSR count). The highest BCUT2D eigenvalue weighted by atomic mass is 16.2. The monoisotopic (exact) mass is 264 g/mol. The zero-order valence-electron chi connectivity index (χ0n) is 11.1. The number of likely N-dealkylation sites (tertiary alicyclic amines) is 1. The Morgan fingerprint density at radius 2 is 1.79 bits per heavy atom. The fraction of sp³-hybridized carbons (Fsp3) is 0.786. The summed E-state index contributed by atoms with van der Waals surface area (Å²) in [6.07, 6.45) is 7.09. The maximum absolute atomic E-state index is 12.7. The molecular formula is C14H20N2O3. The molecular weight excluding hydrogens is 244 g/mol. The molecule has 0 aromatic heterocycles. The highest BCUT2D eigenvalue weighted by molar-refractivity contribution is 6.02. The van der Waals surface area contributed by atoms with Gasteiger partial charge in [-0.1, -0.05) is 19.3 Å². The van der Waals surface area contributed by atoms with Crippen LogP contribution in [-0.4, -0.2) is 35.2 Å². The van der Waals surface area contributed by atoms with E-state index in [0.29, 0.717) is 19.4 Å². The largest absolute Gasteiger partial charge is 0.330 e. The van der Waals surface area contributed by atoms with Crippen LogP contribution >= 0.6 is 0 Å². The molecule has 19 heavy (non-hydrogen) atoms. The second-order valence-corrected chi connectivity index (χ2v) is 6.06. The number of carbonyl (C=O) groups excluding carboxylic acids is 3. The molecule has 2 heterocycles. The highest BCUT2D eigenvalue weighted by Gasteiger charge is 2.50. The fourth-order valence-corrected chi connectivity index (χ4v) is 3.82. The molecule has 1 saturated carbocycles. The number of hydrogen-bond acceptors (Lipinski definition) is 3. The molecule has 0 radical (unpaired) electrons. The predicted octanol–water partition coefficient (Wildman–Crippen LogP) is 0.974. The van der Waals surface area contributed by atoms with E-state index in [1.807, 2.05) is 0 Å². The van der Waals surface area contributed by atoms with Crippen molar-refractivity contribution >= 4 is 17.7 Å². The molecule has 1 spiro atoms. The number of nitrogens with one attached hydrogen (secondary N) is 1. The average molecular weight is 264 g/mol. The maximum Gasteiger partial charge on any atom is 0.249 e. The first-order valence-electron chi connectivity index (χ1n) is 7.27. The Balaban J connectivity index is 1.75. The van der Waals surface area contributed by atoms with Crippen LogP contribution in [0.25, 0.3) is 0 Å². The van der Waals surface area contributed by atoms with Gasteiger partial charge in [0.15, 0.2) is 0 Å². The lowest BCUT2D eigenvalue weighted by molar-refractivity contribution is -0.147. The minimum atomic E-state index is -0.425. The number of amides is 3. The second kappa shape index (κ2) is 4.62. The van der Waals surface area contributed by atoms with Gasteiger partial charge in [0.25, 0.3) is 0 Å². The van der Waals surface area contributed by atoms with Crippen LogP contribution in [-0.2, 0) is 14.4 Å². The molecule has 1 aliphatic carbocycles. The number of piperidine rings is 1. The molecule has 3 aliphatic rings. The van der Waals surface area contributed by atoms with Gasteiger partial charge in [0.1, 0.15) is 6.04 Å². The Kier molecular flexibility index (Phi) is 3.07. The molecule has 5 heteroatoms. The first-order chi connectivity index (χ1) is 9.12. The molecule has 0 aromatic carbocycles. The van der Waals surface area contributed by atoms with E-state index < -0.39 is 6.04 Å². The van der Waals surface area contributed by atoms with Gasteiger partial charge in [0.2, 0.25) is 17.7 Å². The molecule has 104 valence electrons. The van der Waals surface area contributed by atoms with Gasteiger partial charge in [-0.3, -0.25) is 19.7 Å². The lowest BCUT2D eigenvalue weighted by Crippen LogP contribution is -2.54. The van der Waals surface area contributed by atoms with Gasteiger partial charge in [0, 0.05) is 13.0 Å². The Labute approximate surface area is 112 Å². The summed E-state index contributed by atoms with van der Waals surface area (Å²) in [6, 6.07) is -0.425. The Hall–Kier alpha value is -1.39. The minimum absolute atomic E-state index is 0.154. The molecule has 3 amide bonds. The van der Waals surface area contributed by atoms with Crippen molar-refractivity contribution in [1.82, 2.24) is 10.2 Å². The second-order valence-electron chi connectivity index (χ2n) is 6.06. The van der Waals surface area contributed by atoms with E-state index in [9.17, 15) is 14.4 Å². The van der Waals surface area contributed by atoms with Crippen LogP contribution in [0.5, 0.6) is 0 Å². The molecule has 0 bridgehead atoms. The smallest absolute Gasteiger partial charge is 0.249 e. The van der Waals surface area contributed by atoms with Crippen molar-refractivity contribution in [2.45, 2.75) is 57.4 Å². The van der Waals surface area contributed by atoms with Gasteiger partial charge in [0.05, 0.1) is 5.41 Å². The third kappa shape index (κ3) is 2.05. The van der Waals surface area contributed by atoms with Crippen LogP contribution in [0.3, 0.4) is 0 Å². The minimum Gasteiger partial charge on any atom is -0.330 e. The Morgan fingerprint density at radius 3 is 2.47 bits per heavy atom. The van der Waals surface area contributed by atoms with Gasteiger partial charge in [-0.15, -0.1) is 0 Å². The molecule has 2 aliphatic heterocycles. The van der Waals surface area contributed by atoms with Crippen LogP contribution in [0.2, 0.25) is 0 Å². The van der Waals surface area contributed by atoms with Crippen molar-refractivity contribution in [3.05, 3.63) is 0 Å². The molecule has 1 unspecified atom stereocenters. The van der Waals surface area contributed by atoms with E-state index in [4.69, 9.17) is 0 Å². The third-order valence-electron chi connectivity index (χ3n) is 4.94. The first kappa shape index (κ1) is 12.6. The van der Waals surface area contributed by atoms with Gasteiger partial charge >= 0.3 is 0 Å². The lowest BCUT2D eigenvalue weighted by atomic mass is 9.73. The van der Waals surface area contributed by atoms with Crippen LogP contribution in [0.4, 0.5) is 0 Å². The highest BCUT2D eigenvalue weighted by Crippen LogP contribution is 2.45. The zero-order chi connectivity index (χ0) is 13.5. The third-order valence-corrected chi connectivity index (χ3v) is 4.94. The zero-order valence-corrected chi connectivity index (χ0v) is 11.1. The van der Waals surface area contributed by atoms with E-state index >= 15 is 0 Å². The van der Waals surface area contributed by atoms with Crippen LogP contribution in [0.1, 0.15) is 51.4 Å². The molecule has 1 N–H and O–H groups in total. The van der Waals surface area contributed by atoms with Crippen molar-refractivity contribution in [1.29, 1.82) is 0 Å². The summed E-state index contributed by atoms with van der Waals surface area (Å²) in [5.41, 5.74) is -0.194. The molecule has 5 nitrogen and oxygen atoms in total. The summed E-state index contributed by atoms with van der Waals surface area (Å²) < 4.78 is 0. The first-order valence-corrected chi connectivity index (χ1v) is 7.27. The SMILES string of the molecule is O=C1CCC(N2CCC3(CCCCC3)C2=O)C(=O)N1. The molecule has 3 fully saturated rings. The quantitative estimate of drug-likeness (QED) is 0.718. The van der Waals surface area contributed by atoms with Crippen molar-refractivity contribution < 1.29 is 14.4 Å². The number of nitrogens with zero attached hydrogens (tertiary/aromatic N) is 1. The topological polar surface area (TPSA) is 66.5 Å². The van der Waals surface area contributed by atoms with E-state index in [2.05, 4.69) is 5.32 Å². The number of hydrogen-bond donors (Lipinski definition) is 1. The van der Waals surface area contributed by atoms with E-state index in [0.717, 1.165) is 32.1 Å².